The van der Waals surface area contributed by atoms with Crippen LogP contribution < -0.4 is 5.32 Å². The Morgan fingerprint density at radius 3 is 2.57 bits per heavy atom. The highest BCUT2D eigenvalue weighted by molar-refractivity contribution is 5.95. The number of carbonyl (C=O) groups is 2. The third kappa shape index (κ3) is 4.55. The van der Waals surface area contributed by atoms with Gasteiger partial charge in [-0.1, -0.05) is 19.8 Å². The molecule has 114 valence electrons. The summed E-state index contributed by atoms with van der Waals surface area (Å²) in [4.78, 5) is 32.9. The Balaban J connectivity index is 3.07. The summed E-state index contributed by atoms with van der Waals surface area (Å²) >= 11 is 0. The molecular formula is C14H18N2O5. The van der Waals surface area contributed by atoms with E-state index in [4.69, 9.17) is 5.11 Å². The average molecular weight is 294 g/mol. The highest BCUT2D eigenvalue weighted by Crippen LogP contribution is 2.27. The summed E-state index contributed by atoms with van der Waals surface area (Å²) in [5.74, 6) is -1.35. The van der Waals surface area contributed by atoms with E-state index in [0.29, 0.717) is 12.8 Å². The van der Waals surface area contributed by atoms with Crippen LogP contribution in [0.4, 0.5) is 11.4 Å². The number of unbranched alkanes of at least 4 members (excludes halogenated alkanes) is 1. The second kappa shape index (κ2) is 7.37. The largest absolute Gasteiger partial charge is 0.480 e. The quantitative estimate of drug-likeness (QED) is 0.433. The van der Waals surface area contributed by atoms with Gasteiger partial charge in [-0.15, -0.1) is 0 Å². The summed E-state index contributed by atoms with van der Waals surface area (Å²) in [7, 11) is 0. The summed E-state index contributed by atoms with van der Waals surface area (Å²) in [5, 5.41) is 22.9. The fourth-order valence-corrected chi connectivity index (χ4v) is 1.88. The van der Waals surface area contributed by atoms with Gasteiger partial charge in [0.1, 0.15) is 11.7 Å². The molecule has 1 aromatic carbocycles. The molecule has 7 nitrogen and oxygen atoms in total. The second-order valence-corrected chi connectivity index (χ2v) is 4.72. The van der Waals surface area contributed by atoms with Gasteiger partial charge in [0.2, 0.25) is 0 Å². The Kier molecular flexibility index (Phi) is 5.83. The van der Waals surface area contributed by atoms with Gasteiger partial charge in [-0.3, -0.25) is 14.9 Å². The highest BCUT2D eigenvalue weighted by atomic mass is 16.6. The van der Waals surface area contributed by atoms with E-state index in [2.05, 4.69) is 5.32 Å². The zero-order valence-corrected chi connectivity index (χ0v) is 12.0. The van der Waals surface area contributed by atoms with Crippen molar-refractivity contribution in [3.05, 3.63) is 33.9 Å². The molecule has 0 fully saturated rings. The number of rotatable bonds is 8. The normalized spacial score (nSPS) is 11.7. The molecule has 0 amide bonds. The first-order chi connectivity index (χ1) is 9.86. The average Bonchev–Trinajstić information content (AvgIpc) is 2.42. The van der Waals surface area contributed by atoms with Crippen LogP contribution in [0.2, 0.25) is 0 Å². The molecule has 0 spiro atoms. The summed E-state index contributed by atoms with van der Waals surface area (Å²) < 4.78 is 0. The van der Waals surface area contributed by atoms with Crippen molar-refractivity contribution < 1.29 is 19.6 Å². The Morgan fingerprint density at radius 1 is 1.43 bits per heavy atom. The van der Waals surface area contributed by atoms with Gasteiger partial charge in [-0.25, -0.2) is 4.79 Å². The molecule has 0 radical (unpaired) electrons. The number of hydrogen-bond acceptors (Lipinski definition) is 5. The van der Waals surface area contributed by atoms with Crippen molar-refractivity contribution in [2.75, 3.05) is 5.32 Å². The number of nitrogens with zero attached hydrogens (tertiary/aromatic N) is 1. The number of nitrogens with one attached hydrogen (secondary N) is 1. The van der Waals surface area contributed by atoms with Gasteiger partial charge in [0.15, 0.2) is 5.78 Å². The minimum absolute atomic E-state index is 0.105. The number of benzene rings is 1. The molecule has 7 heteroatoms. The third-order valence-corrected chi connectivity index (χ3v) is 3.08. The molecule has 1 atom stereocenters. The fourth-order valence-electron chi connectivity index (χ4n) is 1.88. The molecule has 1 aromatic rings. The van der Waals surface area contributed by atoms with Crippen LogP contribution >= 0.6 is 0 Å². The van der Waals surface area contributed by atoms with Crippen LogP contribution in [0.15, 0.2) is 18.2 Å². The van der Waals surface area contributed by atoms with E-state index < -0.39 is 16.9 Å². The molecule has 0 saturated heterocycles. The summed E-state index contributed by atoms with van der Waals surface area (Å²) in [5.41, 5.74) is 0.0200. The zero-order chi connectivity index (χ0) is 16.0. The van der Waals surface area contributed by atoms with Crippen molar-refractivity contribution in [3.8, 4) is 0 Å². The van der Waals surface area contributed by atoms with Crippen LogP contribution in [0.25, 0.3) is 0 Å². The molecular weight excluding hydrogens is 276 g/mol. The maximum absolute atomic E-state index is 11.3. The van der Waals surface area contributed by atoms with Crippen LogP contribution in [0.1, 0.15) is 43.5 Å². The van der Waals surface area contributed by atoms with Gasteiger partial charge >= 0.3 is 5.97 Å². The van der Waals surface area contributed by atoms with Crippen molar-refractivity contribution in [2.45, 2.75) is 39.2 Å². The maximum Gasteiger partial charge on any atom is 0.326 e. The van der Waals surface area contributed by atoms with E-state index in [1.165, 1.54) is 19.1 Å². The van der Waals surface area contributed by atoms with Crippen molar-refractivity contribution in [1.29, 1.82) is 0 Å². The SMILES string of the molecule is CCCCC(Nc1ccc(C(C)=O)cc1[N+](=O)[O-])C(=O)O. The summed E-state index contributed by atoms with van der Waals surface area (Å²) in [6, 6.07) is 3.07. The Labute approximate surface area is 122 Å². The number of carbonyl (C=O) groups excluding carboxylic acids is 1. The molecule has 1 rings (SSSR count). The lowest BCUT2D eigenvalue weighted by atomic mass is 10.1. The second-order valence-electron chi connectivity index (χ2n) is 4.72. The molecule has 0 heterocycles. The number of hydrogen-bond donors (Lipinski definition) is 2. The predicted molar refractivity (Wildman–Crippen MR) is 77.7 cm³/mol. The van der Waals surface area contributed by atoms with E-state index in [9.17, 15) is 19.7 Å². The molecule has 0 aromatic heterocycles. The van der Waals surface area contributed by atoms with Gasteiger partial charge < -0.3 is 10.4 Å². The lowest BCUT2D eigenvalue weighted by Crippen LogP contribution is -2.29. The van der Waals surface area contributed by atoms with Gasteiger partial charge in [-0.05, 0) is 25.5 Å². The monoisotopic (exact) mass is 294 g/mol. The van der Waals surface area contributed by atoms with Crippen LogP contribution in [-0.2, 0) is 4.79 Å². The van der Waals surface area contributed by atoms with Crippen LogP contribution in [0.3, 0.4) is 0 Å². The minimum Gasteiger partial charge on any atom is -0.480 e. The molecule has 0 aliphatic heterocycles. The van der Waals surface area contributed by atoms with Gasteiger partial charge in [0.25, 0.3) is 5.69 Å². The van der Waals surface area contributed by atoms with E-state index in [1.54, 1.807) is 0 Å². The first-order valence-corrected chi connectivity index (χ1v) is 6.65. The predicted octanol–water partition coefficient (Wildman–Crippen LogP) is 2.85. The molecule has 0 aliphatic rings. The lowest BCUT2D eigenvalue weighted by Gasteiger charge is -2.15. The Bertz CT molecular complexity index is 556. The van der Waals surface area contributed by atoms with Crippen molar-refractivity contribution >= 4 is 23.1 Å². The number of aliphatic carboxylic acids is 1. The topological polar surface area (TPSA) is 110 Å². The number of nitro groups is 1. The number of carboxylic acid groups (broad SMARTS) is 1. The third-order valence-electron chi connectivity index (χ3n) is 3.08. The summed E-state index contributed by atoms with van der Waals surface area (Å²) in [6.45, 7) is 3.25. The standard InChI is InChI=1S/C14H18N2O5/c1-3-4-5-12(14(18)19)15-11-7-6-10(9(2)17)8-13(11)16(20)21/h6-8,12,15H,3-5H2,1-2H3,(H,18,19). The smallest absolute Gasteiger partial charge is 0.326 e. The Hall–Kier alpha value is -2.44. The van der Waals surface area contributed by atoms with Crippen LogP contribution in [-0.4, -0.2) is 27.8 Å². The van der Waals surface area contributed by atoms with E-state index in [1.807, 2.05) is 6.92 Å². The fraction of sp³-hybridized carbons (Fsp3) is 0.429. The molecule has 2 N–H and O–H groups in total. The van der Waals surface area contributed by atoms with E-state index in [-0.39, 0.29) is 22.7 Å². The van der Waals surface area contributed by atoms with E-state index in [0.717, 1.165) is 12.5 Å². The number of anilines is 1. The highest BCUT2D eigenvalue weighted by Gasteiger charge is 2.22. The van der Waals surface area contributed by atoms with Gasteiger partial charge in [0.05, 0.1) is 4.92 Å². The molecule has 0 aliphatic carbocycles. The lowest BCUT2D eigenvalue weighted by molar-refractivity contribution is -0.384. The zero-order valence-electron chi connectivity index (χ0n) is 12.0. The van der Waals surface area contributed by atoms with Gasteiger partial charge in [-0.2, -0.15) is 0 Å². The Morgan fingerprint density at radius 2 is 2.10 bits per heavy atom. The van der Waals surface area contributed by atoms with Crippen LogP contribution in [0, 0.1) is 10.1 Å². The first-order valence-electron chi connectivity index (χ1n) is 6.65. The number of carboxylic acids is 1. The molecule has 21 heavy (non-hydrogen) atoms. The summed E-state index contributed by atoms with van der Waals surface area (Å²) in [6.07, 6.45) is 1.90. The maximum atomic E-state index is 11.3. The molecule has 1 unspecified atom stereocenters. The van der Waals surface area contributed by atoms with E-state index >= 15 is 0 Å². The van der Waals surface area contributed by atoms with Crippen molar-refractivity contribution in [2.24, 2.45) is 0 Å². The molecule has 0 saturated carbocycles. The van der Waals surface area contributed by atoms with Crippen LogP contribution in [0.5, 0.6) is 0 Å². The molecule has 0 bridgehead atoms. The van der Waals surface area contributed by atoms with Gasteiger partial charge in [0, 0.05) is 11.6 Å². The number of Topliss-reactive ketones (excluding diaryl/α,β-unsaturated/α-hetero) is 1. The van der Waals surface area contributed by atoms with Crippen molar-refractivity contribution in [3.63, 3.8) is 0 Å². The number of ketones is 1. The minimum atomic E-state index is -1.06. The van der Waals surface area contributed by atoms with Crippen molar-refractivity contribution in [1.82, 2.24) is 0 Å². The first kappa shape index (κ1) is 16.6. The number of nitro benzene ring substituents is 1.